The van der Waals surface area contributed by atoms with Crippen LogP contribution < -0.4 is 10.7 Å². The first-order valence-electron chi connectivity index (χ1n) is 13.7. The third kappa shape index (κ3) is 4.75. The summed E-state index contributed by atoms with van der Waals surface area (Å²) in [6.45, 7) is 6.84. The van der Waals surface area contributed by atoms with Crippen LogP contribution in [0.5, 0.6) is 0 Å². The summed E-state index contributed by atoms with van der Waals surface area (Å²) in [4.78, 5) is 44.1. The van der Waals surface area contributed by atoms with Crippen LogP contribution in [0.3, 0.4) is 0 Å². The van der Waals surface area contributed by atoms with Gasteiger partial charge in [0.15, 0.2) is 6.29 Å². The van der Waals surface area contributed by atoms with E-state index in [2.05, 4.69) is 17.3 Å². The van der Waals surface area contributed by atoms with Crippen LogP contribution in [-0.4, -0.2) is 57.6 Å². The van der Waals surface area contributed by atoms with Crippen LogP contribution >= 0.6 is 0 Å². The third-order valence-electron chi connectivity index (χ3n) is 8.40. The first kappa shape index (κ1) is 24.8. The third-order valence-corrected chi connectivity index (χ3v) is 8.40. The second-order valence-corrected chi connectivity index (χ2v) is 10.8. The van der Waals surface area contributed by atoms with Crippen LogP contribution in [0.2, 0.25) is 0 Å². The van der Waals surface area contributed by atoms with Crippen molar-refractivity contribution in [3.05, 3.63) is 42.0 Å². The number of hydrogen-bond acceptors (Lipinski definition) is 4. The van der Waals surface area contributed by atoms with Gasteiger partial charge in [-0.25, -0.2) is 4.79 Å². The number of urea groups is 1. The smallest absolute Gasteiger partial charge is 0.337 e. The lowest BCUT2D eigenvalue weighted by molar-refractivity contribution is -0.158. The lowest BCUT2D eigenvalue weighted by atomic mass is 9.75. The highest BCUT2D eigenvalue weighted by Crippen LogP contribution is 2.40. The summed E-state index contributed by atoms with van der Waals surface area (Å²) >= 11 is 0. The summed E-state index contributed by atoms with van der Waals surface area (Å²) in [6, 6.07) is 7.83. The van der Waals surface area contributed by atoms with Crippen LogP contribution in [0.4, 0.5) is 4.79 Å². The minimum atomic E-state index is -0.501. The van der Waals surface area contributed by atoms with Crippen LogP contribution in [0.25, 0.3) is 6.08 Å². The molecule has 5 rings (SSSR count). The maximum absolute atomic E-state index is 13.7. The Kier molecular flexibility index (Phi) is 7.32. The number of nitrogens with zero attached hydrogens (tertiary/aromatic N) is 3. The highest BCUT2D eigenvalue weighted by atomic mass is 16.2. The Labute approximate surface area is 214 Å². The van der Waals surface area contributed by atoms with Crippen molar-refractivity contribution in [2.24, 2.45) is 11.8 Å². The van der Waals surface area contributed by atoms with Crippen molar-refractivity contribution in [2.45, 2.75) is 89.6 Å². The van der Waals surface area contributed by atoms with Crippen molar-refractivity contribution < 1.29 is 14.4 Å². The van der Waals surface area contributed by atoms with Gasteiger partial charge in [0.25, 0.3) is 0 Å². The summed E-state index contributed by atoms with van der Waals surface area (Å²) in [5, 5.41) is 4.90. The molecule has 2 heterocycles. The van der Waals surface area contributed by atoms with Crippen LogP contribution in [0, 0.1) is 11.8 Å². The molecule has 1 aromatic rings. The van der Waals surface area contributed by atoms with Crippen LogP contribution in [0.1, 0.15) is 75.8 Å². The zero-order chi connectivity index (χ0) is 25.2. The quantitative estimate of drug-likeness (QED) is 0.604. The Morgan fingerprint density at radius 3 is 2.56 bits per heavy atom. The molecule has 0 spiro atoms. The lowest BCUT2D eigenvalue weighted by Gasteiger charge is -2.49. The standard InChI is InChI=1S/C28H39N5O3/c1-3-16-31-26(35)23-15-14-21(25(34)29-22-8-6-5-7-9-22)17-24(23)33-27(31)30-32(28(33)36)18-20-12-10-19(4-2)11-13-20/h4,10-13,21-24,27,30H,2-3,5-9,14-18H2,1H3,(H,29,34). The van der Waals surface area contributed by atoms with E-state index in [0.29, 0.717) is 32.4 Å². The molecule has 2 N–H and O–H groups in total. The van der Waals surface area contributed by atoms with Gasteiger partial charge in [-0.05, 0) is 49.7 Å². The number of carbonyl (C=O) groups excluding carboxylic acids is 3. The molecule has 4 fully saturated rings. The van der Waals surface area contributed by atoms with Crippen LogP contribution in [0.15, 0.2) is 30.8 Å². The number of nitrogens with one attached hydrogen (secondary N) is 2. The van der Waals surface area contributed by atoms with Gasteiger partial charge in [-0.1, -0.05) is 63.1 Å². The molecule has 0 radical (unpaired) electrons. The minimum Gasteiger partial charge on any atom is -0.353 e. The highest BCUT2D eigenvalue weighted by Gasteiger charge is 2.55. The van der Waals surface area contributed by atoms with Crippen molar-refractivity contribution in [2.75, 3.05) is 6.54 Å². The molecule has 2 saturated carbocycles. The Bertz CT molecular complexity index is 989. The second kappa shape index (κ2) is 10.6. The van der Waals surface area contributed by atoms with Crippen molar-refractivity contribution >= 4 is 23.9 Å². The van der Waals surface area contributed by atoms with Gasteiger partial charge in [0, 0.05) is 24.5 Å². The van der Waals surface area contributed by atoms with Gasteiger partial charge in [-0.3, -0.25) is 19.5 Å². The van der Waals surface area contributed by atoms with Gasteiger partial charge < -0.3 is 10.2 Å². The van der Waals surface area contributed by atoms with Gasteiger partial charge >= 0.3 is 6.03 Å². The molecule has 1 aromatic carbocycles. The van der Waals surface area contributed by atoms with Crippen molar-refractivity contribution in [3.63, 3.8) is 0 Å². The molecular formula is C28H39N5O3. The maximum atomic E-state index is 13.7. The number of hydrazine groups is 1. The van der Waals surface area contributed by atoms with E-state index in [1.165, 1.54) is 19.3 Å². The first-order chi connectivity index (χ1) is 17.5. The van der Waals surface area contributed by atoms with E-state index in [1.807, 2.05) is 41.0 Å². The SMILES string of the molecule is C=Cc1ccc(CN2NC3N(CCC)C(=O)C4CCC(C(=O)NC5CCCCC5)CC4N3C2=O)cc1. The fraction of sp³-hybridized carbons (Fsp3) is 0.607. The number of carbonyl (C=O) groups is 3. The molecule has 4 unspecified atom stereocenters. The van der Waals surface area contributed by atoms with Crippen molar-refractivity contribution in [1.82, 2.24) is 25.6 Å². The van der Waals surface area contributed by atoms with Crippen LogP contribution in [-0.2, 0) is 16.1 Å². The summed E-state index contributed by atoms with van der Waals surface area (Å²) in [5.41, 5.74) is 5.35. The van der Waals surface area contributed by atoms with Gasteiger partial charge in [0.2, 0.25) is 11.8 Å². The van der Waals surface area contributed by atoms with E-state index < -0.39 is 6.29 Å². The van der Waals surface area contributed by atoms with Gasteiger partial charge in [0.1, 0.15) is 0 Å². The summed E-state index contributed by atoms with van der Waals surface area (Å²) < 4.78 is 0. The predicted molar refractivity (Wildman–Crippen MR) is 138 cm³/mol. The topological polar surface area (TPSA) is 85.0 Å². The Morgan fingerprint density at radius 1 is 1.11 bits per heavy atom. The Hall–Kier alpha value is -2.87. The van der Waals surface area contributed by atoms with E-state index in [1.54, 1.807) is 11.1 Å². The van der Waals surface area contributed by atoms with Gasteiger partial charge in [-0.15, -0.1) is 0 Å². The molecular weight excluding hydrogens is 454 g/mol. The lowest BCUT2D eigenvalue weighted by Crippen LogP contribution is -2.67. The molecule has 4 aliphatic rings. The summed E-state index contributed by atoms with van der Waals surface area (Å²) in [5.74, 6) is -0.206. The van der Waals surface area contributed by atoms with E-state index in [-0.39, 0.29) is 41.8 Å². The Balaban J connectivity index is 1.33. The van der Waals surface area contributed by atoms with Gasteiger partial charge in [-0.2, -0.15) is 5.43 Å². The monoisotopic (exact) mass is 493 g/mol. The molecule has 2 aliphatic carbocycles. The zero-order valence-electron chi connectivity index (χ0n) is 21.3. The summed E-state index contributed by atoms with van der Waals surface area (Å²) in [6.07, 6.45) is 9.68. The molecule has 2 saturated heterocycles. The maximum Gasteiger partial charge on any atom is 0.337 e. The molecule has 0 aromatic heterocycles. The fourth-order valence-electron chi connectivity index (χ4n) is 6.45. The molecule has 194 valence electrons. The highest BCUT2D eigenvalue weighted by molar-refractivity contribution is 5.87. The number of benzene rings is 1. The molecule has 2 aliphatic heterocycles. The van der Waals surface area contributed by atoms with Crippen molar-refractivity contribution in [1.29, 1.82) is 0 Å². The molecule has 4 amide bonds. The second-order valence-electron chi connectivity index (χ2n) is 10.8. The van der Waals surface area contributed by atoms with E-state index in [9.17, 15) is 14.4 Å². The normalized spacial score (nSPS) is 28.6. The number of hydrogen-bond donors (Lipinski definition) is 2. The molecule has 4 atom stereocenters. The van der Waals surface area contributed by atoms with E-state index in [0.717, 1.165) is 30.4 Å². The predicted octanol–water partition coefficient (Wildman–Crippen LogP) is 3.84. The number of amides is 4. The molecule has 0 bridgehead atoms. The average Bonchev–Trinajstić information content (AvgIpc) is 3.22. The summed E-state index contributed by atoms with van der Waals surface area (Å²) in [7, 11) is 0. The van der Waals surface area contributed by atoms with E-state index >= 15 is 0 Å². The van der Waals surface area contributed by atoms with Crippen molar-refractivity contribution in [3.8, 4) is 0 Å². The zero-order valence-corrected chi connectivity index (χ0v) is 21.3. The number of rotatable bonds is 7. The fourth-order valence-corrected chi connectivity index (χ4v) is 6.45. The average molecular weight is 494 g/mol. The molecule has 8 nitrogen and oxygen atoms in total. The van der Waals surface area contributed by atoms with E-state index in [4.69, 9.17) is 0 Å². The van der Waals surface area contributed by atoms with Gasteiger partial charge in [0.05, 0.1) is 12.5 Å². The molecule has 8 heteroatoms. The first-order valence-corrected chi connectivity index (χ1v) is 13.7. The Morgan fingerprint density at radius 2 is 1.86 bits per heavy atom. The largest absolute Gasteiger partial charge is 0.353 e. The number of fused-ring (bicyclic) bond motifs is 3. The minimum absolute atomic E-state index is 0.0964. The molecule has 36 heavy (non-hydrogen) atoms.